The average Bonchev–Trinajstić information content (AvgIpc) is 2.55. The molecule has 0 saturated carbocycles. The largest absolute Gasteiger partial charge is 0.445 e. The lowest BCUT2D eigenvalue weighted by atomic mass is 10.2. The summed E-state index contributed by atoms with van der Waals surface area (Å²) in [5, 5.41) is 2.68. The number of aromatic amines is 1. The van der Waals surface area contributed by atoms with Gasteiger partial charge in [0.1, 0.15) is 6.61 Å². The Kier molecular flexibility index (Phi) is 5.99. The highest BCUT2D eigenvalue weighted by Gasteiger charge is 2.00. The standard InChI is InChI=1S/C17H18N2O3/c20-16-10-9-14(12-19-16)6-4-5-11-18-17(21)22-13-15-7-2-1-3-8-15/h1-4,6-10,12H,5,11,13H2,(H,18,21)(H,19,20). The highest BCUT2D eigenvalue weighted by Crippen LogP contribution is 2.01. The summed E-state index contributed by atoms with van der Waals surface area (Å²) in [6.45, 7) is 0.757. The van der Waals surface area contributed by atoms with Gasteiger partial charge in [0, 0.05) is 18.8 Å². The topological polar surface area (TPSA) is 71.2 Å². The SMILES string of the molecule is O=C(NCCC=Cc1ccc(=O)[nH]c1)OCc1ccccc1. The van der Waals surface area contributed by atoms with Gasteiger partial charge in [0.25, 0.3) is 0 Å². The first-order valence-electron chi connectivity index (χ1n) is 7.04. The molecule has 1 aromatic heterocycles. The van der Waals surface area contributed by atoms with Gasteiger partial charge in [-0.05, 0) is 23.6 Å². The number of rotatable bonds is 6. The molecule has 0 spiro atoms. The van der Waals surface area contributed by atoms with Gasteiger partial charge in [0.05, 0.1) is 0 Å². The molecule has 0 bridgehead atoms. The Morgan fingerprint density at radius 2 is 2.00 bits per heavy atom. The Bertz CT molecular complexity index is 657. The minimum absolute atomic E-state index is 0.125. The number of alkyl carbamates (subject to hydrolysis) is 1. The summed E-state index contributed by atoms with van der Waals surface area (Å²) < 4.78 is 5.09. The van der Waals surface area contributed by atoms with E-state index in [4.69, 9.17) is 4.74 Å². The second kappa shape index (κ2) is 8.46. The van der Waals surface area contributed by atoms with Gasteiger partial charge < -0.3 is 15.0 Å². The maximum atomic E-state index is 11.5. The number of amides is 1. The van der Waals surface area contributed by atoms with E-state index >= 15 is 0 Å². The van der Waals surface area contributed by atoms with Crippen molar-refractivity contribution in [3.8, 4) is 0 Å². The monoisotopic (exact) mass is 298 g/mol. The van der Waals surface area contributed by atoms with Crippen LogP contribution < -0.4 is 10.9 Å². The number of nitrogens with one attached hydrogen (secondary N) is 2. The number of carbonyl (C=O) groups excluding carboxylic acids is 1. The van der Waals surface area contributed by atoms with Gasteiger partial charge in [-0.2, -0.15) is 0 Å². The molecule has 1 aromatic carbocycles. The number of pyridine rings is 1. The molecule has 2 aromatic rings. The number of hydrogen-bond acceptors (Lipinski definition) is 3. The highest BCUT2D eigenvalue weighted by atomic mass is 16.5. The molecular formula is C17H18N2O3. The average molecular weight is 298 g/mol. The third-order valence-corrected chi connectivity index (χ3v) is 2.91. The van der Waals surface area contributed by atoms with Crippen LogP contribution in [0.1, 0.15) is 17.5 Å². The van der Waals surface area contributed by atoms with Crippen molar-refractivity contribution in [1.29, 1.82) is 0 Å². The highest BCUT2D eigenvalue weighted by molar-refractivity contribution is 5.67. The van der Waals surface area contributed by atoms with Gasteiger partial charge in [0.2, 0.25) is 5.56 Å². The van der Waals surface area contributed by atoms with Crippen molar-refractivity contribution < 1.29 is 9.53 Å². The first-order valence-corrected chi connectivity index (χ1v) is 7.04. The van der Waals surface area contributed by atoms with E-state index in [0.717, 1.165) is 11.1 Å². The summed E-state index contributed by atoms with van der Waals surface area (Å²) in [5.74, 6) is 0. The van der Waals surface area contributed by atoms with Crippen molar-refractivity contribution in [2.24, 2.45) is 0 Å². The predicted molar refractivity (Wildman–Crippen MR) is 85.3 cm³/mol. The van der Waals surface area contributed by atoms with E-state index in [1.165, 1.54) is 6.07 Å². The molecular weight excluding hydrogens is 280 g/mol. The van der Waals surface area contributed by atoms with Crippen LogP contribution in [0.5, 0.6) is 0 Å². The Balaban J connectivity index is 1.62. The van der Waals surface area contributed by atoms with Gasteiger partial charge in [-0.15, -0.1) is 0 Å². The number of aromatic nitrogens is 1. The normalized spacial score (nSPS) is 10.5. The number of H-pyrrole nitrogens is 1. The quantitative estimate of drug-likeness (QED) is 0.805. The summed E-state index contributed by atoms with van der Waals surface area (Å²) in [7, 11) is 0. The minimum Gasteiger partial charge on any atom is -0.445 e. The number of carbonyl (C=O) groups is 1. The number of benzene rings is 1. The molecule has 0 aliphatic heterocycles. The molecule has 0 aliphatic carbocycles. The summed E-state index contributed by atoms with van der Waals surface area (Å²) >= 11 is 0. The fourth-order valence-corrected chi connectivity index (χ4v) is 1.78. The summed E-state index contributed by atoms with van der Waals surface area (Å²) in [6, 6.07) is 12.7. The molecule has 0 saturated heterocycles. The Labute approximate surface area is 128 Å². The third-order valence-electron chi connectivity index (χ3n) is 2.91. The maximum Gasteiger partial charge on any atom is 0.407 e. The Morgan fingerprint density at radius 3 is 2.73 bits per heavy atom. The van der Waals surface area contributed by atoms with Crippen LogP contribution in [0.2, 0.25) is 0 Å². The van der Waals surface area contributed by atoms with E-state index in [9.17, 15) is 9.59 Å². The van der Waals surface area contributed by atoms with Crippen LogP contribution in [-0.4, -0.2) is 17.6 Å². The predicted octanol–water partition coefficient (Wildman–Crippen LogP) is 2.70. The van der Waals surface area contributed by atoms with Crippen molar-refractivity contribution in [3.63, 3.8) is 0 Å². The first-order chi connectivity index (χ1) is 10.7. The number of ether oxygens (including phenoxy) is 1. The zero-order valence-corrected chi connectivity index (χ0v) is 12.1. The van der Waals surface area contributed by atoms with Crippen LogP contribution in [0.4, 0.5) is 4.79 Å². The Hall–Kier alpha value is -2.82. The molecule has 5 heteroatoms. The van der Waals surface area contributed by atoms with E-state index in [-0.39, 0.29) is 12.2 Å². The lowest BCUT2D eigenvalue weighted by molar-refractivity contribution is 0.140. The Morgan fingerprint density at radius 1 is 1.18 bits per heavy atom. The van der Waals surface area contributed by atoms with Crippen molar-refractivity contribution in [1.82, 2.24) is 10.3 Å². The second-order valence-corrected chi connectivity index (χ2v) is 4.67. The molecule has 0 unspecified atom stereocenters. The second-order valence-electron chi connectivity index (χ2n) is 4.67. The molecule has 2 rings (SSSR count). The summed E-state index contributed by atoms with van der Waals surface area (Å²) in [4.78, 5) is 25.0. The van der Waals surface area contributed by atoms with Gasteiger partial charge in [-0.3, -0.25) is 4.79 Å². The van der Waals surface area contributed by atoms with Crippen LogP contribution >= 0.6 is 0 Å². The molecule has 5 nitrogen and oxygen atoms in total. The maximum absolute atomic E-state index is 11.5. The van der Waals surface area contributed by atoms with E-state index in [1.54, 1.807) is 12.3 Å². The molecule has 1 heterocycles. The molecule has 2 N–H and O–H groups in total. The van der Waals surface area contributed by atoms with Crippen molar-refractivity contribution in [2.45, 2.75) is 13.0 Å². The zero-order chi connectivity index (χ0) is 15.6. The summed E-state index contributed by atoms with van der Waals surface area (Å²) in [6.07, 6.45) is 5.69. The van der Waals surface area contributed by atoms with Crippen LogP contribution in [0.15, 0.2) is 59.5 Å². The zero-order valence-electron chi connectivity index (χ0n) is 12.1. The van der Waals surface area contributed by atoms with E-state index in [1.807, 2.05) is 42.5 Å². The van der Waals surface area contributed by atoms with Gasteiger partial charge in [-0.1, -0.05) is 42.5 Å². The van der Waals surface area contributed by atoms with E-state index in [2.05, 4.69) is 10.3 Å². The van der Waals surface area contributed by atoms with Crippen molar-refractivity contribution >= 4 is 12.2 Å². The first kappa shape index (κ1) is 15.6. The van der Waals surface area contributed by atoms with E-state index < -0.39 is 6.09 Å². The van der Waals surface area contributed by atoms with Gasteiger partial charge >= 0.3 is 6.09 Å². The van der Waals surface area contributed by atoms with Crippen LogP contribution in [-0.2, 0) is 11.3 Å². The van der Waals surface area contributed by atoms with Crippen LogP contribution in [0, 0.1) is 0 Å². The minimum atomic E-state index is -0.429. The molecule has 114 valence electrons. The molecule has 0 aliphatic rings. The van der Waals surface area contributed by atoms with Gasteiger partial charge in [0.15, 0.2) is 0 Å². The smallest absolute Gasteiger partial charge is 0.407 e. The van der Waals surface area contributed by atoms with Crippen molar-refractivity contribution in [3.05, 3.63) is 76.2 Å². The lowest BCUT2D eigenvalue weighted by Crippen LogP contribution is -2.24. The van der Waals surface area contributed by atoms with Crippen LogP contribution in [0.25, 0.3) is 6.08 Å². The van der Waals surface area contributed by atoms with Gasteiger partial charge in [-0.25, -0.2) is 4.79 Å². The molecule has 0 atom stereocenters. The van der Waals surface area contributed by atoms with E-state index in [0.29, 0.717) is 13.0 Å². The van der Waals surface area contributed by atoms with Crippen LogP contribution in [0.3, 0.4) is 0 Å². The summed E-state index contributed by atoms with van der Waals surface area (Å²) in [5.41, 5.74) is 1.74. The molecule has 1 amide bonds. The fourth-order valence-electron chi connectivity index (χ4n) is 1.78. The molecule has 22 heavy (non-hydrogen) atoms. The molecule has 0 fully saturated rings. The third kappa shape index (κ3) is 5.66. The van der Waals surface area contributed by atoms with Crippen molar-refractivity contribution in [2.75, 3.05) is 6.54 Å². The lowest BCUT2D eigenvalue weighted by Gasteiger charge is -2.05. The number of hydrogen-bond donors (Lipinski definition) is 2. The molecule has 0 radical (unpaired) electrons. The fraction of sp³-hybridized carbons (Fsp3) is 0.176.